The lowest BCUT2D eigenvalue weighted by Gasteiger charge is -2.23. The number of likely N-dealkylation sites (tertiary alicyclic amines) is 1. The number of carbonyl (C=O) groups excluding carboxylic acids is 2. The van der Waals surface area contributed by atoms with Crippen molar-refractivity contribution in [1.82, 2.24) is 15.2 Å². The first-order valence-corrected chi connectivity index (χ1v) is 7.31. The first-order chi connectivity index (χ1) is 11.3. The maximum atomic E-state index is 13.4. The number of amides is 2. The van der Waals surface area contributed by atoms with E-state index in [4.69, 9.17) is 11.0 Å². The molecule has 0 aromatic carbocycles. The molecule has 0 spiro atoms. The third kappa shape index (κ3) is 3.83. The average Bonchev–Trinajstić information content (AvgIpc) is 2.88. The summed E-state index contributed by atoms with van der Waals surface area (Å²) in [5.74, 6) is -4.37. The Kier molecular flexibility index (Phi) is 5.09. The summed E-state index contributed by atoms with van der Waals surface area (Å²) in [5.41, 5.74) is 6.21. The van der Waals surface area contributed by atoms with Gasteiger partial charge < -0.3 is 16.0 Å². The molecule has 0 unspecified atom stereocenters. The highest BCUT2D eigenvalue weighted by atomic mass is 19.3. The van der Waals surface area contributed by atoms with Gasteiger partial charge in [0.1, 0.15) is 12.1 Å². The van der Waals surface area contributed by atoms with Gasteiger partial charge in [-0.25, -0.2) is 8.78 Å². The molecule has 128 valence electrons. The summed E-state index contributed by atoms with van der Waals surface area (Å²) in [6.45, 7) is 0.718. The van der Waals surface area contributed by atoms with Gasteiger partial charge in [-0.05, 0) is 19.1 Å². The third-order valence-electron chi connectivity index (χ3n) is 3.71. The number of nitriles is 1. The van der Waals surface area contributed by atoms with Gasteiger partial charge in [0.25, 0.3) is 11.8 Å². The Morgan fingerprint density at radius 2 is 2.33 bits per heavy atom. The molecular weight excluding hydrogens is 320 g/mol. The molecule has 2 heterocycles. The number of nitrogens with one attached hydrogen (secondary N) is 1. The summed E-state index contributed by atoms with van der Waals surface area (Å²) in [6, 6.07) is 2.39. The quantitative estimate of drug-likeness (QED) is 0.827. The summed E-state index contributed by atoms with van der Waals surface area (Å²) in [5, 5.41) is 11.4. The summed E-state index contributed by atoms with van der Waals surface area (Å²) < 4.78 is 26.8. The number of nitrogens with zero attached hydrogens (tertiary/aromatic N) is 3. The number of hydrogen-bond donors (Lipinski definition) is 2. The number of alkyl halides is 2. The van der Waals surface area contributed by atoms with Crippen molar-refractivity contribution in [3.8, 4) is 6.07 Å². The van der Waals surface area contributed by atoms with E-state index in [1.165, 1.54) is 25.3 Å². The van der Waals surface area contributed by atoms with Crippen molar-refractivity contribution in [2.45, 2.75) is 37.9 Å². The molecule has 1 aliphatic heterocycles. The second-order valence-corrected chi connectivity index (χ2v) is 5.61. The number of aromatic nitrogens is 1. The van der Waals surface area contributed by atoms with Crippen molar-refractivity contribution in [3.63, 3.8) is 0 Å². The lowest BCUT2D eigenvalue weighted by atomic mass is 10.2. The van der Waals surface area contributed by atoms with Gasteiger partial charge in [0.15, 0.2) is 0 Å². The zero-order valence-corrected chi connectivity index (χ0v) is 13.0. The Hall–Kier alpha value is -2.60. The fraction of sp³-hybridized carbons (Fsp3) is 0.467. The number of carbonyl (C=O) groups is 2. The molecule has 1 aromatic rings. The van der Waals surface area contributed by atoms with Crippen LogP contribution >= 0.6 is 0 Å². The van der Waals surface area contributed by atoms with E-state index in [0.29, 0.717) is 5.69 Å². The minimum absolute atomic E-state index is 0.155. The zero-order valence-electron chi connectivity index (χ0n) is 13.0. The highest BCUT2D eigenvalue weighted by molar-refractivity contribution is 5.97. The van der Waals surface area contributed by atoms with Gasteiger partial charge >= 0.3 is 0 Å². The third-order valence-corrected chi connectivity index (χ3v) is 3.71. The van der Waals surface area contributed by atoms with Gasteiger partial charge in [0, 0.05) is 24.7 Å². The van der Waals surface area contributed by atoms with E-state index in [2.05, 4.69) is 10.3 Å². The molecule has 0 radical (unpaired) electrons. The summed E-state index contributed by atoms with van der Waals surface area (Å²) in [4.78, 5) is 29.2. The molecule has 1 aliphatic rings. The first kappa shape index (κ1) is 17.7. The average molecular weight is 337 g/mol. The number of hydrogen-bond acceptors (Lipinski definition) is 5. The van der Waals surface area contributed by atoms with Crippen LogP contribution in [0, 0.1) is 11.3 Å². The number of pyridine rings is 1. The maximum absolute atomic E-state index is 13.4. The van der Waals surface area contributed by atoms with Crippen LogP contribution in [0.1, 0.15) is 29.4 Å². The predicted molar refractivity (Wildman–Crippen MR) is 79.7 cm³/mol. The molecule has 2 rings (SSSR count). The lowest BCUT2D eigenvalue weighted by molar-refractivity contribution is -0.134. The van der Waals surface area contributed by atoms with Crippen LogP contribution in [-0.4, -0.2) is 46.2 Å². The predicted octanol–water partition coefficient (Wildman–Crippen LogP) is 0.418. The largest absolute Gasteiger partial charge is 0.341 e. The Labute approximate surface area is 137 Å². The van der Waals surface area contributed by atoms with Crippen LogP contribution in [0.2, 0.25) is 0 Å². The summed E-state index contributed by atoms with van der Waals surface area (Å²) >= 11 is 0. The van der Waals surface area contributed by atoms with Crippen LogP contribution in [0.5, 0.6) is 0 Å². The Balaban J connectivity index is 2.06. The molecule has 0 aliphatic carbocycles. The van der Waals surface area contributed by atoms with Crippen molar-refractivity contribution >= 4 is 11.8 Å². The molecule has 7 nitrogen and oxygen atoms in total. The highest BCUT2D eigenvalue weighted by Crippen LogP contribution is 2.32. The summed E-state index contributed by atoms with van der Waals surface area (Å²) in [6.07, 6.45) is 0.719. The van der Waals surface area contributed by atoms with E-state index in [1.54, 1.807) is 6.07 Å². The van der Waals surface area contributed by atoms with Gasteiger partial charge in [0.2, 0.25) is 5.91 Å². The molecular formula is C15H17F2N5O2. The van der Waals surface area contributed by atoms with Gasteiger partial charge in [-0.2, -0.15) is 5.26 Å². The Bertz CT molecular complexity index is 689. The maximum Gasteiger partial charge on any atom is 0.268 e. The van der Waals surface area contributed by atoms with Crippen LogP contribution in [-0.2, 0) is 11.3 Å². The van der Waals surface area contributed by atoms with Crippen molar-refractivity contribution in [1.29, 1.82) is 5.26 Å². The lowest BCUT2D eigenvalue weighted by Crippen LogP contribution is -2.48. The zero-order chi connectivity index (χ0) is 17.9. The highest BCUT2D eigenvalue weighted by Gasteiger charge is 2.48. The molecule has 1 fully saturated rings. The molecule has 2 amide bonds. The van der Waals surface area contributed by atoms with E-state index in [1.807, 2.05) is 0 Å². The smallest absolute Gasteiger partial charge is 0.268 e. The SMILES string of the molecule is C[C@@H](NC(=O)c1ccnc(CN)c1)C(=O)N1CC(F)(F)C[C@H]1C#N. The second-order valence-electron chi connectivity index (χ2n) is 5.61. The van der Waals surface area contributed by atoms with Crippen molar-refractivity contribution in [2.75, 3.05) is 6.54 Å². The van der Waals surface area contributed by atoms with E-state index < -0.39 is 42.8 Å². The van der Waals surface area contributed by atoms with Crippen molar-refractivity contribution < 1.29 is 18.4 Å². The van der Waals surface area contributed by atoms with Crippen LogP contribution in [0.25, 0.3) is 0 Å². The van der Waals surface area contributed by atoms with Crippen molar-refractivity contribution in [3.05, 3.63) is 29.6 Å². The van der Waals surface area contributed by atoms with Gasteiger partial charge in [0.05, 0.1) is 18.3 Å². The standard InChI is InChI=1S/C15H17F2N5O2/c1-9(14(24)22-8-15(16,17)5-12(22)7-19)21-13(23)10-2-3-20-11(4-10)6-18/h2-4,9,12H,5-6,8,18H2,1H3,(H,21,23)/t9-,12+/m1/s1. The van der Waals surface area contributed by atoms with E-state index in [9.17, 15) is 18.4 Å². The normalized spacial score (nSPS) is 20.3. The van der Waals surface area contributed by atoms with E-state index >= 15 is 0 Å². The fourth-order valence-corrected chi connectivity index (χ4v) is 2.49. The number of rotatable bonds is 4. The molecule has 1 saturated heterocycles. The number of nitrogens with two attached hydrogens (primary N) is 1. The molecule has 9 heteroatoms. The van der Waals surface area contributed by atoms with Gasteiger partial charge in [-0.1, -0.05) is 0 Å². The second kappa shape index (κ2) is 6.88. The van der Waals surface area contributed by atoms with Crippen LogP contribution < -0.4 is 11.1 Å². The molecule has 0 bridgehead atoms. The van der Waals surface area contributed by atoms with E-state index in [0.717, 1.165) is 4.90 Å². The minimum atomic E-state index is -3.10. The van der Waals surface area contributed by atoms with Crippen LogP contribution in [0.3, 0.4) is 0 Å². The van der Waals surface area contributed by atoms with Crippen LogP contribution in [0.4, 0.5) is 8.78 Å². The molecule has 2 atom stereocenters. The molecule has 24 heavy (non-hydrogen) atoms. The van der Waals surface area contributed by atoms with Gasteiger partial charge in [-0.15, -0.1) is 0 Å². The Morgan fingerprint density at radius 3 is 2.96 bits per heavy atom. The Morgan fingerprint density at radius 1 is 1.62 bits per heavy atom. The number of halogens is 2. The monoisotopic (exact) mass is 337 g/mol. The molecule has 0 saturated carbocycles. The fourth-order valence-electron chi connectivity index (χ4n) is 2.49. The topological polar surface area (TPSA) is 112 Å². The van der Waals surface area contributed by atoms with E-state index in [-0.39, 0.29) is 12.1 Å². The first-order valence-electron chi connectivity index (χ1n) is 7.31. The van der Waals surface area contributed by atoms with Gasteiger partial charge in [-0.3, -0.25) is 14.6 Å². The van der Waals surface area contributed by atoms with Crippen molar-refractivity contribution in [2.24, 2.45) is 5.73 Å². The van der Waals surface area contributed by atoms with Crippen LogP contribution in [0.15, 0.2) is 18.3 Å². The molecule has 3 N–H and O–H groups in total. The minimum Gasteiger partial charge on any atom is -0.341 e. The molecule has 1 aromatic heterocycles. The summed E-state index contributed by atoms with van der Waals surface area (Å²) in [7, 11) is 0.